The van der Waals surface area contributed by atoms with E-state index >= 15 is 0 Å². The van der Waals surface area contributed by atoms with Crippen molar-refractivity contribution in [3.8, 4) is 12.3 Å². The second kappa shape index (κ2) is 5.63. The van der Waals surface area contributed by atoms with Gasteiger partial charge in [0.25, 0.3) is 5.91 Å². The summed E-state index contributed by atoms with van der Waals surface area (Å²) < 4.78 is 1.85. The first-order valence-corrected chi connectivity index (χ1v) is 6.11. The van der Waals surface area contributed by atoms with Crippen LogP contribution in [0.2, 0.25) is 0 Å². The number of nitrogens with one attached hydrogen (secondary N) is 1. The van der Waals surface area contributed by atoms with E-state index in [0.717, 1.165) is 0 Å². The number of aromatic nitrogens is 1. The smallest absolute Gasteiger partial charge is 0.268 e. The molecule has 0 saturated carbocycles. The molecule has 1 amide bonds. The first kappa shape index (κ1) is 14.2. The highest BCUT2D eigenvalue weighted by molar-refractivity contribution is 5.94. The summed E-state index contributed by atoms with van der Waals surface area (Å²) >= 11 is 0. The van der Waals surface area contributed by atoms with Crippen molar-refractivity contribution in [2.75, 3.05) is 5.73 Å². The Kier molecular flexibility index (Phi) is 4.43. The molecule has 1 rings (SSSR count). The minimum Gasteiger partial charge on any atom is -0.397 e. The van der Waals surface area contributed by atoms with Gasteiger partial charge in [0.2, 0.25) is 0 Å². The number of hydrogen-bond donors (Lipinski definition) is 2. The van der Waals surface area contributed by atoms with Crippen LogP contribution in [0, 0.1) is 18.3 Å². The number of nitrogens with two attached hydrogens (primary N) is 1. The van der Waals surface area contributed by atoms with E-state index in [-0.39, 0.29) is 23.9 Å². The Hall–Kier alpha value is -1.89. The molecular formula is C14H21N3O. The molecule has 0 aliphatic rings. The predicted octanol–water partition coefficient (Wildman–Crippen LogP) is 2.04. The third-order valence-corrected chi connectivity index (χ3v) is 2.79. The van der Waals surface area contributed by atoms with Gasteiger partial charge in [0.1, 0.15) is 5.69 Å². The van der Waals surface area contributed by atoms with Gasteiger partial charge in [-0.3, -0.25) is 4.79 Å². The fourth-order valence-electron chi connectivity index (χ4n) is 1.73. The molecule has 0 bridgehead atoms. The van der Waals surface area contributed by atoms with E-state index in [1.807, 2.05) is 32.3 Å². The highest BCUT2D eigenvalue weighted by Crippen LogP contribution is 2.16. The second-order valence-electron chi connectivity index (χ2n) is 5.02. The summed E-state index contributed by atoms with van der Waals surface area (Å²) in [5.41, 5.74) is 6.86. The molecule has 0 aromatic carbocycles. The maximum atomic E-state index is 12.2. The lowest BCUT2D eigenvalue weighted by atomic mass is 10.1. The van der Waals surface area contributed by atoms with E-state index < -0.39 is 0 Å². The summed E-state index contributed by atoms with van der Waals surface area (Å²) in [5, 5.41) is 2.84. The molecular weight excluding hydrogens is 226 g/mol. The fourth-order valence-corrected chi connectivity index (χ4v) is 1.73. The van der Waals surface area contributed by atoms with Gasteiger partial charge < -0.3 is 15.6 Å². The van der Waals surface area contributed by atoms with Crippen LogP contribution in [0.1, 0.15) is 44.2 Å². The Morgan fingerprint density at radius 1 is 1.44 bits per heavy atom. The summed E-state index contributed by atoms with van der Waals surface area (Å²) in [6, 6.07) is 1.57. The molecule has 98 valence electrons. The van der Waals surface area contributed by atoms with E-state index in [2.05, 4.69) is 11.2 Å². The van der Waals surface area contributed by atoms with Crippen LogP contribution in [0.5, 0.6) is 0 Å². The van der Waals surface area contributed by atoms with Gasteiger partial charge in [0.15, 0.2) is 0 Å². The van der Waals surface area contributed by atoms with Crippen LogP contribution in [-0.4, -0.2) is 16.5 Å². The molecule has 1 atom stereocenters. The summed E-state index contributed by atoms with van der Waals surface area (Å²) in [6.45, 7) is 7.94. The molecule has 4 heteroatoms. The van der Waals surface area contributed by atoms with Crippen LogP contribution in [-0.2, 0) is 0 Å². The number of carbonyl (C=O) groups excluding carboxylic acids is 1. The number of hydrogen-bond acceptors (Lipinski definition) is 2. The van der Waals surface area contributed by atoms with Crippen LogP contribution in [0.25, 0.3) is 0 Å². The highest BCUT2D eigenvalue weighted by Gasteiger charge is 2.19. The molecule has 0 radical (unpaired) electrons. The first-order chi connectivity index (χ1) is 8.36. The van der Waals surface area contributed by atoms with Gasteiger partial charge in [0, 0.05) is 12.2 Å². The topological polar surface area (TPSA) is 60.1 Å². The van der Waals surface area contributed by atoms with Crippen molar-refractivity contribution in [3.63, 3.8) is 0 Å². The standard InChI is InChI=1S/C14H21N3O/c1-6-12(9(2)3)16-14(18)13-7-11(15)8-17(13)10(4)5/h1,7-10,12H,15H2,2-5H3,(H,16,18). The van der Waals surface area contributed by atoms with Gasteiger partial charge >= 0.3 is 0 Å². The largest absolute Gasteiger partial charge is 0.397 e. The number of carbonyl (C=O) groups is 1. The summed E-state index contributed by atoms with van der Waals surface area (Å²) in [6.07, 6.45) is 7.17. The molecule has 0 spiro atoms. The highest BCUT2D eigenvalue weighted by atomic mass is 16.2. The molecule has 0 fully saturated rings. The number of rotatable bonds is 4. The number of amides is 1. The molecule has 4 nitrogen and oxygen atoms in total. The average Bonchev–Trinajstić information content (AvgIpc) is 2.67. The Balaban J connectivity index is 2.94. The van der Waals surface area contributed by atoms with Crippen molar-refractivity contribution >= 4 is 11.6 Å². The molecule has 1 aromatic heterocycles. The van der Waals surface area contributed by atoms with Crippen molar-refractivity contribution < 1.29 is 4.79 Å². The van der Waals surface area contributed by atoms with Crippen LogP contribution >= 0.6 is 0 Å². The number of nitrogen functional groups attached to an aromatic ring is 1. The SMILES string of the molecule is C#CC(NC(=O)c1cc(N)cn1C(C)C)C(C)C. The molecule has 1 heterocycles. The minimum absolute atomic E-state index is 0.173. The summed E-state index contributed by atoms with van der Waals surface area (Å²) in [5.74, 6) is 2.60. The Morgan fingerprint density at radius 3 is 2.50 bits per heavy atom. The lowest BCUT2D eigenvalue weighted by Crippen LogP contribution is -2.38. The van der Waals surface area contributed by atoms with E-state index in [9.17, 15) is 4.79 Å². The molecule has 0 saturated heterocycles. The third-order valence-electron chi connectivity index (χ3n) is 2.79. The second-order valence-corrected chi connectivity index (χ2v) is 5.02. The van der Waals surface area contributed by atoms with Crippen molar-refractivity contribution in [2.24, 2.45) is 5.92 Å². The van der Waals surface area contributed by atoms with Crippen LogP contribution < -0.4 is 11.1 Å². The van der Waals surface area contributed by atoms with Gasteiger partial charge in [-0.25, -0.2) is 0 Å². The average molecular weight is 247 g/mol. The van der Waals surface area contributed by atoms with Crippen LogP contribution in [0.3, 0.4) is 0 Å². The van der Waals surface area contributed by atoms with Gasteiger partial charge in [-0.15, -0.1) is 6.42 Å². The quantitative estimate of drug-likeness (QED) is 0.800. The first-order valence-electron chi connectivity index (χ1n) is 6.11. The molecule has 1 unspecified atom stereocenters. The maximum Gasteiger partial charge on any atom is 0.268 e. The zero-order chi connectivity index (χ0) is 13.9. The van der Waals surface area contributed by atoms with Crippen molar-refractivity contribution in [1.82, 2.24) is 9.88 Å². The van der Waals surface area contributed by atoms with Gasteiger partial charge in [0.05, 0.1) is 11.7 Å². The van der Waals surface area contributed by atoms with E-state index in [1.54, 1.807) is 12.3 Å². The zero-order valence-electron chi connectivity index (χ0n) is 11.4. The normalized spacial score (nSPS) is 12.5. The fraction of sp³-hybridized carbons (Fsp3) is 0.500. The molecule has 18 heavy (non-hydrogen) atoms. The summed E-state index contributed by atoms with van der Waals surface area (Å²) in [7, 11) is 0. The number of nitrogens with zero attached hydrogens (tertiary/aromatic N) is 1. The van der Waals surface area contributed by atoms with Crippen molar-refractivity contribution in [1.29, 1.82) is 0 Å². The molecule has 0 aliphatic carbocycles. The van der Waals surface area contributed by atoms with Gasteiger partial charge in [-0.2, -0.15) is 0 Å². The van der Waals surface area contributed by atoms with Gasteiger partial charge in [-0.05, 0) is 25.8 Å². The third kappa shape index (κ3) is 3.07. The van der Waals surface area contributed by atoms with Crippen molar-refractivity contribution in [2.45, 2.75) is 39.8 Å². The van der Waals surface area contributed by atoms with Gasteiger partial charge in [-0.1, -0.05) is 19.8 Å². The molecule has 3 N–H and O–H groups in total. The number of anilines is 1. The van der Waals surface area contributed by atoms with Crippen LogP contribution in [0.15, 0.2) is 12.3 Å². The van der Waals surface area contributed by atoms with E-state index in [1.165, 1.54) is 0 Å². The van der Waals surface area contributed by atoms with Crippen molar-refractivity contribution in [3.05, 3.63) is 18.0 Å². The van der Waals surface area contributed by atoms with Crippen LogP contribution in [0.4, 0.5) is 5.69 Å². The Morgan fingerprint density at radius 2 is 2.06 bits per heavy atom. The maximum absolute atomic E-state index is 12.2. The Labute approximate surface area is 109 Å². The zero-order valence-corrected chi connectivity index (χ0v) is 11.4. The van der Waals surface area contributed by atoms with E-state index in [4.69, 9.17) is 12.2 Å². The Bertz CT molecular complexity index is 466. The van der Waals surface area contributed by atoms with E-state index in [0.29, 0.717) is 11.4 Å². The minimum atomic E-state index is -0.269. The number of terminal acetylenes is 1. The predicted molar refractivity (Wildman–Crippen MR) is 74.2 cm³/mol. The lowest BCUT2D eigenvalue weighted by molar-refractivity contribution is 0.0927. The summed E-state index contributed by atoms with van der Waals surface area (Å²) in [4.78, 5) is 12.2. The molecule has 1 aromatic rings. The lowest BCUT2D eigenvalue weighted by Gasteiger charge is -2.18. The monoisotopic (exact) mass is 247 g/mol. The molecule has 0 aliphatic heterocycles.